The Bertz CT molecular complexity index is 472. The number of pyridine rings is 1. The van der Waals surface area contributed by atoms with E-state index in [2.05, 4.69) is 11.9 Å². The fourth-order valence-corrected chi connectivity index (χ4v) is 2.69. The number of carbonyl (C=O) groups excluding carboxylic acids is 1. The molecular weight excluding hydrogens is 240 g/mol. The van der Waals surface area contributed by atoms with Crippen LogP contribution in [0.2, 0.25) is 0 Å². The van der Waals surface area contributed by atoms with Crippen molar-refractivity contribution in [1.29, 1.82) is 0 Å². The summed E-state index contributed by atoms with van der Waals surface area (Å²) in [7, 11) is 0. The van der Waals surface area contributed by atoms with Gasteiger partial charge >= 0.3 is 0 Å². The van der Waals surface area contributed by atoms with Gasteiger partial charge in [-0.2, -0.15) is 0 Å². The van der Waals surface area contributed by atoms with Crippen molar-refractivity contribution in [2.24, 2.45) is 5.92 Å². The highest BCUT2D eigenvalue weighted by Crippen LogP contribution is 2.25. The largest absolute Gasteiger partial charge is 0.333 e. The molecule has 4 nitrogen and oxygen atoms in total. The first-order valence-corrected chi connectivity index (χ1v) is 6.23. The number of aromatic nitrogens is 1. The Balaban J connectivity index is 2.23. The van der Waals surface area contributed by atoms with Crippen LogP contribution in [0.25, 0.3) is 0 Å². The number of amides is 1. The van der Waals surface area contributed by atoms with Crippen LogP contribution in [0, 0.1) is 5.92 Å². The Hall–Kier alpha value is -1.29. The van der Waals surface area contributed by atoms with Crippen molar-refractivity contribution in [3.8, 4) is 0 Å². The minimum Gasteiger partial charge on any atom is -0.333 e. The van der Waals surface area contributed by atoms with Gasteiger partial charge in [-0.1, -0.05) is 13.0 Å². The van der Waals surface area contributed by atoms with Crippen LogP contribution in [-0.4, -0.2) is 34.3 Å². The van der Waals surface area contributed by atoms with Gasteiger partial charge in [-0.05, 0) is 18.4 Å². The highest BCUT2D eigenvalue weighted by atomic mass is 35.5. The number of alkyl halides is 1. The van der Waals surface area contributed by atoms with Crippen LogP contribution >= 0.6 is 11.6 Å². The molecule has 1 amide bonds. The topological polar surface area (TPSA) is 53.2 Å². The Labute approximate surface area is 105 Å². The van der Waals surface area contributed by atoms with E-state index in [4.69, 9.17) is 11.6 Å². The molecule has 2 rings (SSSR count). The summed E-state index contributed by atoms with van der Waals surface area (Å²) in [5.41, 5.74) is 0.0761. The minimum atomic E-state index is -0.259. The number of hydrogen-bond acceptors (Lipinski definition) is 2. The number of likely N-dealkylation sites (tertiary alicyclic amines) is 1. The maximum Gasteiger partial charge on any atom is 0.270 e. The standard InChI is InChI=1S/C12H15ClN2O2/c1-8-5-6-15(10(8)7-13)12(17)9-3-2-4-11(16)14-9/h2-4,8,10H,5-7H2,1H3,(H,14,16). The van der Waals surface area contributed by atoms with Crippen LogP contribution in [0.3, 0.4) is 0 Å². The molecule has 0 radical (unpaired) electrons. The van der Waals surface area contributed by atoms with Crippen molar-refractivity contribution >= 4 is 17.5 Å². The van der Waals surface area contributed by atoms with Crippen LogP contribution in [0.15, 0.2) is 23.0 Å². The Morgan fingerprint density at radius 3 is 3.00 bits per heavy atom. The molecule has 1 aliphatic rings. The molecule has 2 unspecified atom stereocenters. The second-order valence-corrected chi connectivity index (χ2v) is 4.72. The molecule has 0 spiro atoms. The Morgan fingerprint density at radius 1 is 1.59 bits per heavy atom. The molecule has 1 saturated heterocycles. The summed E-state index contributed by atoms with van der Waals surface area (Å²) >= 11 is 5.89. The zero-order valence-corrected chi connectivity index (χ0v) is 10.4. The highest BCUT2D eigenvalue weighted by Gasteiger charge is 2.34. The van der Waals surface area contributed by atoms with Crippen LogP contribution in [0.5, 0.6) is 0 Å². The summed E-state index contributed by atoms with van der Waals surface area (Å²) < 4.78 is 0. The highest BCUT2D eigenvalue weighted by molar-refractivity contribution is 6.18. The van der Waals surface area contributed by atoms with Gasteiger partial charge in [0.25, 0.3) is 5.91 Å². The number of rotatable bonds is 2. The van der Waals surface area contributed by atoms with E-state index in [0.29, 0.717) is 24.0 Å². The predicted molar refractivity (Wildman–Crippen MR) is 66.4 cm³/mol. The Kier molecular flexibility index (Phi) is 3.52. The monoisotopic (exact) mass is 254 g/mol. The molecular formula is C12H15ClN2O2. The SMILES string of the molecule is CC1CCN(C(=O)c2cccc(=O)[nH]2)C1CCl. The van der Waals surface area contributed by atoms with Gasteiger partial charge in [0.1, 0.15) is 5.69 Å². The van der Waals surface area contributed by atoms with Crippen molar-refractivity contribution in [1.82, 2.24) is 9.88 Å². The lowest BCUT2D eigenvalue weighted by atomic mass is 10.1. The van der Waals surface area contributed by atoms with E-state index in [1.54, 1.807) is 17.0 Å². The average molecular weight is 255 g/mol. The van der Waals surface area contributed by atoms with E-state index in [1.165, 1.54) is 6.07 Å². The minimum absolute atomic E-state index is 0.0628. The molecule has 1 fully saturated rings. The van der Waals surface area contributed by atoms with Gasteiger partial charge in [-0.25, -0.2) is 0 Å². The molecule has 0 saturated carbocycles. The number of nitrogens with zero attached hydrogens (tertiary/aromatic N) is 1. The van der Waals surface area contributed by atoms with Crippen LogP contribution in [-0.2, 0) is 0 Å². The molecule has 2 heterocycles. The zero-order chi connectivity index (χ0) is 12.4. The van der Waals surface area contributed by atoms with E-state index in [0.717, 1.165) is 6.42 Å². The van der Waals surface area contributed by atoms with Gasteiger partial charge in [0.2, 0.25) is 5.56 Å². The number of nitrogens with one attached hydrogen (secondary N) is 1. The van der Waals surface area contributed by atoms with Crippen molar-refractivity contribution < 1.29 is 4.79 Å². The maximum atomic E-state index is 12.2. The fraction of sp³-hybridized carbons (Fsp3) is 0.500. The van der Waals surface area contributed by atoms with Crippen LogP contribution < -0.4 is 5.56 Å². The number of carbonyl (C=O) groups is 1. The predicted octanol–water partition coefficient (Wildman–Crippen LogP) is 1.46. The van der Waals surface area contributed by atoms with Crippen LogP contribution in [0.1, 0.15) is 23.8 Å². The molecule has 0 aromatic carbocycles. The van der Waals surface area contributed by atoms with Crippen molar-refractivity contribution in [3.05, 3.63) is 34.2 Å². The van der Waals surface area contributed by atoms with E-state index >= 15 is 0 Å². The summed E-state index contributed by atoms with van der Waals surface area (Å²) in [6.07, 6.45) is 0.959. The molecule has 0 bridgehead atoms. The summed E-state index contributed by atoms with van der Waals surface area (Å²) in [5, 5.41) is 0. The van der Waals surface area contributed by atoms with Gasteiger partial charge in [-0.15, -0.1) is 11.6 Å². The lowest BCUT2D eigenvalue weighted by Crippen LogP contribution is -2.39. The van der Waals surface area contributed by atoms with Gasteiger partial charge in [-0.3, -0.25) is 9.59 Å². The van der Waals surface area contributed by atoms with E-state index in [1.807, 2.05) is 0 Å². The summed E-state index contributed by atoms with van der Waals surface area (Å²) in [6, 6.07) is 4.66. The fourth-order valence-electron chi connectivity index (χ4n) is 2.22. The van der Waals surface area contributed by atoms with E-state index in [-0.39, 0.29) is 17.5 Å². The molecule has 1 aliphatic heterocycles. The summed E-state index contributed by atoms with van der Waals surface area (Å²) in [5.74, 6) is 0.703. The van der Waals surface area contributed by atoms with Crippen molar-refractivity contribution in [3.63, 3.8) is 0 Å². The number of aromatic amines is 1. The van der Waals surface area contributed by atoms with Gasteiger partial charge in [0, 0.05) is 24.5 Å². The second kappa shape index (κ2) is 4.92. The molecule has 0 aliphatic carbocycles. The first kappa shape index (κ1) is 12.2. The lowest BCUT2D eigenvalue weighted by molar-refractivity contribution is 0.0731. The second-order valence-electron chi connectivity index (χ2n) is 4.41. The lowest BCUT2D eigenvalue weighted by Gasteiger charge is -2.24. The van der Waals surface area contributed by atoms with Crippen molar-refractivity contribution in [2.75, 3.05) is 12.4 Å². The Morgan fingerprint density at radius 2 is 2.35 bits per heavy atom. The van der Waals surface area contributed by atoms with Crippen LogP contribution in [0.4, 0.5) is 0 Å². The third kappa shape index (κ3) is 2.36. The first-order valence-electron chi connectivity index (χ1n) is 5.69. The quantitative estimate of drug-likeness (QED) is 0.813. The third-order valence-corrected chi connectivity index (χ3v) is 3.62. The molecule has 17 heavy (non-hydrogen) atoms. The zero-order valence-electron chi connectivity index (χ0n) is 9.65. The third-order valence-electron chi connectivity index (χ3n) is 3.30. The summed E-state index contributed by atoms with van der Waals surface area (Å²) in [6.45, 7) is 2.79. The maximum absolute atomic E-state index is 12.2. The van der Waals surface area contributed by atoms with E-state index in [9.17, 15) is 9.59 Å². The number of halogens is 1. The molecule has 92 valence electrons. The van der Waals surface area contributed by atoms with Crippen molar-refractivity contribution in [2.45, 2.75) is 19.4 Å². The van der Waals surface area contributed by atoms with Gasteiger partial charge in [0.15, 0.2) is 0 Å². The normalized spacial score (nSPS) is 24.0. The number of hydrogen-bond donors (Lipinski definition) is 1. The van der Waals surface area contributed by atoms with Gasteiger partial charge in [0.05, 0.1) is 0 Å². The molecule has 5 heteroatoms. The number of H-pyrrole nitrogens is 1. The van der Waals surface area contributed by atoms with Gasteiger partial charge < -0.3 is 9.88 Å². The first-order chi connectivity index (χ1) is 8.13. The molecule has 1 N–H and O–H groups in total. The van der Waals surface area contributed by atoms with E-state index < -0.39 is 0 Å². The molecule has 2 atom stereocenters. The smallest absolute Gasteiger partial charge is 0.270 e. The molecule has 1 aromatic rings. The molecule has 1 aromatic heterocycles. The average Bonchev–Trinajstić information content (AvgIpc) is 2.69. The summed E-state index contributed by atoms with van der Waals surface area (Å²) in [4.78, 5) is 27.7.